The first-order valence-corrected chi connectivity index (χ1v) is 9.03. The molecule has 0 radical (unpaired) electrons. The molecule has 3 rings (SSSR count). The number of aromatic nitrogens is 3. The van der Waals surface area contributed by atoms with Gasteiger partial charge in [0.1, 0.15) is 5.69 Å². The highest BCUT2D eigenvalue weighted by Crippen LogP contribution is 2.39. The molecule has 4 nitrogen and oxygen atoms in total. The molecule has 0 spiro atoms. The van der Waals surface area contributed by atoms with Gasteiger partial charge >= 0.3 is 0 Å². The van der Waals surface area contributed by atoms with Crippen LogP contribution in [0, 0.1) is 12.3 Å². The van der Waals surface area contributed by atoms with Gasteiger partial charge in [-0.15, -0.1) is 0 Å². The van der Waals surface area contributed by atoms with Crippen molar-refractivity contribution in [3.63, 3.8) is 0 Å². The van der Waals surface area contributed by atoms with Crippen molar-refractivity contribution in [1.29, 1.82) is 0 Å². The predicted octanol–water partition coefficient (Wildman–Crippen LogP) is 4.61. The number of aliphatic hydroxyl groups excluding tert-OH is 1. The number of nitrogens with zero attached hydrogens (tertiary/aromatic N) is 3. The molecular weight excluding hydrogens is 310 g/mol. The van der Waals surface area contributed by atoms with E-state index in [2.05, 4.69) is 50.4 Å². The Labute approximate surface area is 150 Å². The molecule has 0 fully saturated rings. The van der Waals surface area contributed by atoms with Gasteiger partial charge in [-0.2, -0.15) is 0 Å². The summed E-state index contributed by atoms with van der Waals surface area (Å²) >= 11 is 0. The molecule has 1 aliphatic rings. The number of hydrogen-bond acceptors (Lipinski definition) is 3. The Morgan fingerprint density at radius 1 is 1.32 bits per heavy atom. The smallest absolute Gasteiger partial charge is 0.159 e. The Morgan fingerprint density at radius 2 is 2.04 bits per heavy atom. The predicted molar refractivity (Wildman–Crippen MR) is 102 cm³/mol. The largest absolute Gasteiger partial charge is 0.392 e. The first-order valence-electron chi connectivity index (χ1n) is 9.03. The van der Waals surface area contributed by atoms with Crippen LogP contribution in [0.15, 0.2) is 17.8 Å². The first kappa shape index (κ1) is 17.9. The van der Waals surface area contributed by atoms with Gasteiger partial charge < -0.3 is 9.67 Å². The third kappa shape index (κ3) is 3.40. The average Bonchev–Trinajstić information content (AvgIpc) is 2.83. The van der Waals surface area contributed by atoms with Gasteiger partial charge in [-0.05, 0) is 42.9 Å². The number of pyridine rings is 1. The fourth-order valence-corrected chi connectivity index (χ4v) is 3.81. The third-order valence-electron chi connectivity index (χ3n) is 4.96. The molecule has 1 N–H and O–H groups in total. The molecule has 1 aliphatic carbocycles. The van der Waals surface area contributed by atoms with Crippen molar-refractivity contribution < 1.29 is 5.11 Å². The standard InChI is InChI=1S/C21H29N3O/c1-13-7-8-22-19(16(13)12-25)20-23-18-14(2)9-15(11-21(3,4)5)10-17(18)24(20)6/h7-8,10,14,25H,9,11-12H2,1-6H3. The highest BCUT2D eigenvalue weighted by atomic mass is 16.3. The van der Waals surface area contributed by atoms with Gasteiger partial charge in [0.2, 0.25) is 0 Å². The molecule has 2 aromatic rings. The van der Waals surface area contributed by atoms with Crippen molar-refractivity contribution in [2.45, 2.75) is 60.0 Å². The molecule has 25 heavy (non-hydrogen) atoms. The Bertz CT molecular complexity index is 824. The molecular formula is C21H29N3O. The van der Waals surface area contributed by atoms with E-state index < -0.39 is 0 Å². The highest BCUT2D eigenvalue weighted by Gasteiger charge is 2.27. The minimum absolute atomic E-state index is 0.0206. The van der Waals surface area contributed by atoms with Crippen molar-refractivity contribution in [1.82, 2.24) is 14.5 Å². The second-order valence-corrected chi connectivity index (χ2v) is 8.52. The Morgan fingerprint density at radius 3 is 2.68 bits per heavy atom. The lowest BCUT2D eigenvalue weighted by atomic mass is 9.81. The number of aliphatic hydroxyl groups is 1. The molecule has 0 amide bonds. The first-order chi connectivity index (χ1) is 11.7. The van der Waals surface area contributed by atoms with E-state index in [9.17, 15) is 5.11 Å². The zero-order valence-corrected chi connectivity index (χ0v) is 16.2. The van der Waals surface area contributed by atoms with E-state index in [0.717, 1.165) is 41.2 Å². The van der Waals surface area contributed by atoms with Crippen LogP contribution >= 0.6 is 0 Å². The second kappa shape index (κ2) is 6.41. The molecule has 1 unspecified atom stereocenters. The summed E-state index contributed by atoms with van der Waals surface area (Å²) in [5, 5.41) is 9.79. The van der Waals surface area contributed by atoms with E-state index in [1.54, 1.807) is 6.20 Å². The van der Waals surface area contributed by atoms with E-state index in [1.165, 1.54) is 11.3 Å². The number of allylic oxidation sites excluding steroid dienone is 1. The molecule has 2 aromatic heterocycles. The molecule has 0 aromatic carbocycles. The van der Waals surface area contributed by atoms with Crippen molar-refractivity contribution in [2.24, 2.45) is 12.5 Å². The van der Waals surface area contributed by atoms with Gasteiger partial charge in [-0.3, -0.25) is 4.98 Å². The van der Waals surface area contributed by atoms with Crippen molar-refractivity contribution in [3.8, 4) is 11.5 Å². The van der Waals surface area contributed by atoms with Crippen LogP contribution in [0.4, 0.5) is 0 Å². The number of fused-ring (bicyclic) bond motifs is 1. The maximum absolute atomic E-state index is 9.79. The summed E-state index contributed by atoms with van der Waals surface area (Å²) in [5.74, 6) is 1.25. The van der Waals surface area contributed by atoms with Crippen LogP contribution in [-0.4, -0.2) is 19.6 Å². The summed E-state index contributed by atoms with van der Waals surface area (Å²) in [7, 11) is 2.05. The lowest BCUT2D eigenvalue weighted by molar-refractivity contribution is 0.281. The fraction of sp³-hybridized carbons (Fsp3) is 0.524. The van der Waals surface area contributed by atoms with Crippen LogP contribution in [-0.2, 0) is 13.7 Å². The number of aryl methyl sites for hydroxylation is 1. The SMILES string of the molecule is Cc1ccnc(-c2nc3c(n2C)C=C(CC(C)(C)C)CC3C)c1CO. The molecule has 1 atom stereocenters. The monoisotopic (exact) mass is 339 g/mol. The normalized spacial score (nSPS) is 17.4. The third-order valence-corrected chi connectivity index (χ3v) is 4.96. The molecule has 2 heterocycles. The van der Waals surface area contributed by atoms with Crippen LogP contribution in [0.2, 0.25) is 0 Å². The van der Waals surface area contributed by atoms with Crippen molar-refractivity contribution in [2.75, 3.05) is 0 Å². The maximum atomic E-state index is 9.79. The number of hydrogen-bond donors (Lipinski definition) is 1. The van der Waals surface area contributed by atoms with E-state index in [4.69, 9.17) is 4.98 Å². The topological polar surface area (TPSA) is 50.9 Å². The summed E-state index contributed by atoms with van der Waals surface area (Å²) in [6, 6.07) is 1.93. The number of rotatable bonds is 3. The number of imidazole rings is 1. The summed E-state index contributed by atoms with van der Waals surface area (Å²) in [4.78, 5) is 9.45. The van der Waals surface area contributed by atoms with Gasteiger partial charge in [0, 0.05) is 24.7 Å². The van der Waals surface area contributed by atoms with Gasteiger partial charge in [0.15, 0.2) is 5.82 Å². The van der Waals surface area contributed by atoms with Crippen LogP contribution in [0.1, 0.15) is 69.0 Å². The highest BCUT2D eigenvalue weighted by molar-refractivity contribution is 5.65. The minimum Gasteiger partial charge on any atom is -0.392 e. The van der Waals surface area contributed by atoms with Crippen molar-refractivity contribution in [3.05, 3.63) is 40.4 Å². The lowest BCUT2D eigenvalue weighted by Gasteiger charge is -2.25. The van der Waals surface area contributed by atoms with Crippen molar-refractivity contribution >= 4 is 6.08 Å². The Balaban J connectivity index is 2.11. The average molecular weight is 339 g/mol. The van der Waals surface area contributed by atoms with E-state index in [1.807, 2.05) is 13.0 Å². The fourth-order valence-electron chi connectivity index (χ4n) is 3.81. The molecule has 134 valence electrons. The zero-order chi connectivity index (χ0) is 18.4. The van der Waals surface area contributed by atoms with Gasteiger partial charge in [0.25, 0.3) is 0 Å². The summed E-state index contributed by atoms with van der Waals surface area (Å²) in [6.45, 7) is 11.1. The summed E-state index contributed by atoms with van der Waals surface area (Å²) in [6.07, 6.45) is 6.27. The van der Waals surface area contributed by atoms with Crippen LogP contribution < -0.4 is 0 Å². The molecule has 4 heteroatoms. The van der Waals surface area contributed by atoms with Crippen LogP contribution in [0.25, 0.3) is 17.6 Å². The molecule has 0 saturated heterocycles. The summed E-state index contributed by atoms with van der Waals surface area (Å²) in [5.41, 5.74) is 6.79. The maximum Gasteiger partial charge on any atom is 0.159 e. The summed E-state index contributed by atoms with van der Waals surface area (Å²) < 4.78 is 2.13. The molecule has 0 bridgehead atoms. The van der Waals surface area contributed by atoms with Gasteiger partial charge in [-0.25, -0.2) is 4.98 Å². The quantitative estimate of drug-likeness (QED) is 0.888. The van der Waals surface area contributed by atoms with Crippen LogP contribution in [0.3, 0.4) is 0 Å². The zero-order valence-electron chi connectivity index (χ0n) is 16.2. The minimum atomic E-state index is -0.0206. The Kier molecular flexibility index (Phi) is 4.58. The van der Waals surface area contributed by atoms with Crippen LogP contribution in [0.5, 0.6) is 0 Å². The second-order valence-electron chi connectivity index (χ2n) is 8.52. The van der Waals surface area contributed by atoms with E-state index >= 15 is 0 Å². The Hall–Kier alpha value is -1.94. The lowest BCUT2D eigenvalue weighted by Crippen LogP contribution is -2.12. The van der Waals surface area contributed by atoms with Gasteiger partial charge in [0.05, 0.1) is 18.0 Å². The molecule has 0 aliphatic heterocycles. The van der Waals surface area contributed by atoms with E-state index in [0.29, 0.717) is 5.92 Å². The van der Waals surface area contributed by atoms with E-state index in [-0.39, 0.29) is 12.0 Å². The van der Waals surface area contributed by atoms with Gasteiger partial charge in [-0.1, -0.05) is 33.3 Å². The molecule has 0 saturated carbocycles.